The Kier molecular flexibility index (Phi) is 10.1. The minimum atomic E-state index is 0. The Hall–Kier alpha value is 0.930. The van der Waals surface area contributed by atoms with Crippen molar-refractivity contribution in [1.82, 2.24) is 0 Å². The van der Waals surface area contributed by atoms with Crippen molar-refractivity contribution < 1.29 is 24.4 Å². The van der Waals surface area contributed by atoms with Crippen molar-refractivity contribution in [3.8, 4) is 0 Å². The molecule has 0 aromatic heterocycles. The van der Waals surface area contributed by atoms with Crippen LogP contribution < -0.4 is 0 Å². The van der Waals surface area contributed by atoms with Gasteiger partial charge in [0, 0.05) is 0 Å². The SMILES string of the molecule is CCCC1=CC(C(C)C)=[C]([Hf])C1.Cl.Cl. The Balaban J connectivity index is 0. The van der Waals surface area contributed by atoms with Gasteiger partial charge in [0.25, 0.3) is 0 Å². The van der Waals surface area contributed by atoms with Gasteiger partial charge in [-0.2, -0.15) is 0 Å². The Morgan fingerprint density at radius 1 is 1.36 bits per heavy atom. The van der Waals surface area contributed by atoms with Gasteiger partial charge >= 0.3 is 90.9 Å². The first kappa shape index (κ1) is 17.3. The normalized spacial score (nSPS) is 14.9. The molecule has 0 unspecified atom stereocenters. The molecule has 1 aliphatic rings. The molecular weight excluding hydrogens is 382 g/mol. The van der Waals surface area contributed by atoms with Crippen LogP contribution in [0.5, 0.6) is 0 Å². The fourth-order valence-electron chi connectivity index (χ4n) is 1.68. The standard InChI is InChI=1S/C11H17.2ClH.Hf/c1-4-5-10-6-7-11(8-10)9(2)3;;;/h8-9H,4-6H2,1-3H3;2*1H;. The molecule has 1 rings (SSSR count). The zero-order valence-corrected chi connectivity index (χ0v) is 14.3. The van der Waals surface area contributed by atoms with Crippen LogP contribution in [0.15, 0.2) is 20.6 Å². The van der Waals surface area contributed by atoms with E-state index in [2.05, 4.69) is 26.8 Å². The van der Waals surface area contributed by atoms with E-state index in [9.17, 15) is 0 Å². The van der Waals surface area contributed by atoms with E-state index in [4.69, 9.17) is 0 Å². The molecule has 0 aromatic carbocycles. The van der Waals surface area contributed by atoms with Crippen molar-refractivity contribution in [2.45, 2.75) is 40.0 Å². The van der Waals surface area contributed by atoms with Gasteiger partial charge in [-0.3, -0.25) is 0 Å². The fourth-order valence-corrected chi connectivity index (χ4v) is 3.80. The van der Waals surface area contributed by atoms with Crippen LogP contribution in [0.4, 0.5) is 0 Å². The summed E-state index contributed by atoms with van der Waals surface area (Å²) in [5.74, 6) is 0.742. The third-order valence-electron chi connectivity index (χ3n) is 2.31. The van der Waals surface area contributed by atoms with Crippen molar-refractivity contribution in [2.75, 3.05) is 0 Å². The number of allylic oxidation sites excluding steroid dienone is 4. The first-order valence-corrected chi connectivity index (χ1v) is 6.58. The summed E-state index contributed by atoms with van der Waals surface area (Å²) in [4.78, 5) is 0. The van der Waals surface area contributed by atoms with Crippen molar-refractivity contribution in [3.05, 3.63) is 20.6 Å². The van der Waals surface area contributed by atoms with E-state index in [-0.39, 0.29) is 24.8 Å². The number of hydrogen-bond donors (Lipinski definition) is 0. The molecule has 3 heteroatoms. The van der Waals surface area contributed by atoms with Crippen molar-refractivity contribution in [2.24, 2.45) is 5.92 Å². The zero-order valence-electron chi connectivity index (χ0n) is 9.09. The molecule has 0 saturated carbocycles. The molecule has 0 nitrogen and oxygen atoms in total. The third-order valence-corrected chi connectivity index (χ3v) is 3.98. The van der Waals surface area contributed by atoms with Gasteiger partial charge in [0.05, 0.1) is 0 Å². The quantitative estimate of drug-likeness (QED) is 0.615. The maximum Gasteiger partial charge on any atom is -0.147 e. The Labute approximate surface area is 115 Å². The van der Waals surface area contributed by atoms with E-state index < -0.39 is 0 Å². The molecule has 0 atom stereocenters. The van der Waals surface area contributed by atoms with Crippen LogP contribution in [-0.4, -0.2) is 0 Å². The average Bonchev–Trinajstić information content (AvgIpc) is 2.32. The van der Waals surface area contributed by atoms with E-state index in [0.29, 0.717) is 0 Å². The molecule has 0 saturated heterocycles. The van der Waals surface area contributed by atoms with Crippen molar-refractivity contribution in [3.63, 3.8) is 0 Å². The van der Waals surface area contributed by atoms with E-state index in [1.807, 2.05) is 0 Å². The molecule has 0 spiro atoms. The van der Waals surface area contributed by atoms with Gasteiger partial charge in [-0.1, -0.05) is 0 Å². The third kappa shape index (κ3) is 4.63. The number of hydrogen-bond acceptors (Lipinski definition) is 0. The summed E-state index contributed by atoms with van der Waals surface area (Å²) in [6.07, 6.45) is 6.36. The van der Waals surface area contributed by atoms with Gasteiger partial charge in [-0.05, 0) is 0 Å². The van der Waals surface area contributed by atoms with Crippen molar-refractivity contribution >= 4 is 24.8 Å². The van der Waals surface area contributed by atoms with Crippen LogP contribution in [0.1, 0.15) is 40.0 Å². The molecule has 1 aliphatic carbocycles. The second-order valence-corrected chi connectivity index (χ2v) is 5.99. The zero-order chi connectivity index (χ0) is 9.14. The molecule has 0 aliphatic heterocycles. The minimum absolute atomic E-state index is 0. The molecule has 0 heterocycles. The van der Waals surface area contributed by atoms with Gasteiger partial charge < -0.3 is 0 Å². The summed E-state index contributed by atoms with van der Waals surface area (Å²) in [5, 5.41) is 0. The van der Waals surface area contributed by atoms with Gasteiger partial charge in [0.2, 0.25) is 0 Å². The van der Waals surface area contributed by atoms with Crippen LogP contribution >= 0.6 is 24.8 Å². The van der Waals surface area contributed by atoms with E-state index in [1.165, 1.54) is 43.6 Å². The monoisotopic (exact) mass is 401 g/mol. The Bertz CT molecular complexity index is 229. The smallest absolute Gasteiger partial charge is 0.147 e. The number of halogens is 2. The molecule has 0 N–H and O–H groups in total. The van der Waals surface area contributed by atoms with Crippen LogP contribution in [0.25, 0.3) is 0 Å². The van der Waals surface area contributed by atoms with Crippen LogP contribution in [0, 0.1) is 5.92 Å². The minimum Gasteiger partial charge on any atom is -0.147 e. The molecule has 0 aromatic rings. The molecule has 0 amide bonds. The summed E-state index contributed by atoms with van der Waals surface area (Å²) in [6, 6.07) is 0. The topological polar surface area (TPSA) is 0 Å². The molecule has 0 bridgehead atoms. The van der Waals surface area contributed by atoms with Crippen molar-refractivity contribution in [1.29, 1.82) is 0 Å². The second-order valence-electron chi connectivity index (χ2n) is 3.82. The summed E-state index contributed by atoms with van der Waals surface area (Å²) in [7, 11) is 0. The first-order chi connectivity index (χ1) is 5.65. The van der Waals surface area contributed by atoms with E-state index in [1.54, 1.807) is 14.5 Å². The van der Waals surface area contributed by atoms with E-state index >= 15 is 0 Å². The number of rotatable bonds is 3. The summed E-state index contributed by atoms with van der Waals surface area (Å²) >= 11 is 1.26. The van der Waals surface area contributed by atoms with Gasteiger partial charge in [-0.25, -0.2) is 0 Å². The van der Waals surface area contributed by atoms with Crippen LogP contribution in [0.2, 0.25) is 0 Å². The largest absolute Gasteiger partial charge is 0.147 e. The van der Waals surface area contributed by atoms with Gasteiger partial charge in [0.1, 0.15) is 0 Å². The summed E-state index contributed by atoms with van der Waals surface area (Å²) in [6.45, 7) is 6.87. The Morgan fingerprint density at radius 3 is 2.29 bits per heavy atom. The predicted molar refractivity (Wildman–Crippen MR) is 64.0 cm³/mol. The maximum absolute atomic E-state index is 2.45. The van der Waals surface area contributed by atoms with Gasteiger partial charge in [0.15, 0.2) is 0 Å². The Morgan fingerprint density at radius 2 is 1.93 bits per heavy atom. The summed E-state index contributed by atoms with van der Waals surface area (Å²) < 4.78 is 1.73. The molecule has 0 fully saturated rings. The average molecular weight is 401 g/mol. The summed E-state index contributed by atoms with van der Waals surface area (Å²) in [5.41, 5.74) is 3.32. The molecule has 14 heavy (non-hydrogen) atoms. The van der Waals surface area contributed by atoms with E-state index in [0.717, 1.165) is 5.92 Å². The maximum atomic E-state index is 2.45. The van der Waals surface area contributed by atoms with Gasteiger partial charge in [-0.15, -0.1) is 24.8 Å². The molecule has 0 radical (unpaired) electrons. The first-order valence-electron chi connectivity index (χ1n) is 4.79. The molecular formula is C11H19Cl2Hf. The predicted octanol–water partition coefficient (Wildman–Crippen LogP) is 4.42. The molecule has 81 valence electrons. The van der Waals surface area contributed by atoms with Crippen LogP contribution in [-0.2, 0) is 24.4 Å². The second kappa shape index (κ2) is 8.13. The van der Waals surface area contributed by atoms with Crippen LogP contribution in [0.3, 0.4) is 0 Å². The fraction of sp³-hybridized carbons (Fsp3) is 0.636.